The van der Waals surface area contributed by atoms with Gasteiger partial charge >= 0.3 is 5.97 Å². The summed E-state index contributed by atoms with van der Waals surface area (Å²) >= 11 is 0. The molecule has 0 aliphatic rings. The number of nitrogens with one attached hydrogen (secondary N) is 1. The molecule has 1 amide bonds. The van der Waals surface area contributed by atoms with Gasteiger partial charge in [-0.25, -0.2) is 0 Å². The van der Waals surface area contributed by atoms with Crippen LogP contribution in [0.1, 0.15) is 393 Å². The van der Waals surface area contributed by atoms with Crippen molar-refractivity contribution in [2.24, 2.45) is 0 Å². The normalized spacial score (nSPS) is 12.5. The van der Waals surface area contributed by atoms with Gasteiger partial charge in [0.2, 0.25) is 5.91 Å². The third kappa shape index (κ3) is 61.7. The largest absolute Gasteiger partial charge is 0.466 e. The Morgan fingerprint density at radius 1 is 0.360 bits per heavy atom. The minimum atomic E-state index is -0.668. The Hall–Kier alpha value is -1.40. The highest BCUT2D eigenvalue weighted by Crippen LogP contribution is 2.19. The molecule has 6 heteroatoms. The number of esters is 1. The van der Waals surface area contributed by atoms with E-state index in [1.807, 2.05) is 0 Å². The van der Waals surface area contributed by atoms with Gasteiger partial charge in [-0.2, -0.15) is 0 Å². The van der Waals surface area contributed by atoms with Crippen molar-refractivity contribution in [3.05, 3.63) is 12.2 Å². The Kier molecular flexibility index (Phi) is 63.9. The first kappa shape index (κ1) is 73.6. The summed E-state index contributed by atoms with van der Waals surface area (Å²) in [4.78, 5) is 24.6. The quantitative estimate of drug-likeness (QED) is 0.0320. The van der Waals surface area contributed by atoms with Crippen LogP contribution < -0.4 is 5.32 Å². The zero-order valence-corrected chi connectivity index (χ0v) is 51.1. The van der Waals surface area contributed by atoms with Gasteiger partial charge in [-0.15, -0.1) is 0 Å². The highest BCUT2D eigenvalue weighted by Gasteiger charge is 2.20. The molecular weight excluding hydrogens is 923 g/mol. The maximum Gasteiger partial charge on any atom is 0.305 e. The molecule has 75 heavy (non-hydrogen) atoms. The lowest BCUT2D eigenvalue weighted by molar-refractivity contribution is -0.143. The number of unbranched alkanes of at least 4 members (excludes halogenated alkanes) is 52. The van der Waals surface area contributed by atoms with Gasteiger partial charge in [0.15, 0.2) is 0 Å². The van der Waals surface area contributed by atoms with Crippen LogP contribution in [0.15, 0.2) is 12.2 Å². The molecule has 0 radical (unpaired) electrons. The topological polar surface area (TPSA) is 95.9 Å². The smallest absolute Gasteiger partial charge is 0.305 e. The van der Waals surface area contributed by atoms with E-state index in [1.54, 1.807) is 0 Å². The number of allylic oxidation sites excluding steroid dienone is 2. The van der Waals surface area contributed by atoms with E-state index in [1.165, 1.54) is 321 Å². The van der Waals surface area contributed by atoms with E-state index in [-0.39, 0.29) is 18.5 Å². The second-order valence-electron chi connectivity index (χ2n) is 23.9. The number of rotatable bonds is 65. The summed E-state index contributed by atoms with van der Waals surface area (Å²) in [5.74, 6) is -0.0224. The molecule has 2 atom stereocenters. The number of carbonyl (C=O) groups excluding carboxylic acids is 2. The van der Waals surface area contributed by atoms with Crippen molar-refractivity contribution in [3.8, 4) is 0 Å². The molecule has 0 aromatic heterocycles. The number of aliphatic hydroxyl groups excluding tert-OH is 2. The predicted molar refractivity (Wildman–Crippen MR) is 329 cm³/mol. The summed E-state index contributed by atoms with van der Waals surface area (Å²) in [6.07, 6.45) is 79.6. The number of carbonyl (C=O) groups is 2. The first-order chi connectivity index (χ1) is 37.0. The number of aliphatic hydroxyl groups is 2. The summed E-state index contributed by atoms with van der Waals surface area (Å²) in [6, 6.07) is -0.546. The zero-order valence-electron chi connectivity index (χ0n) is 51.1. The summed E-state index contributed by atoms with van der Waals surface area (Å²) in [5, 5.41) is 23.3. The fraction of sp³-hybridized carbons (Fsp3) is 0.942. The molecule has 0 saturated carbocycles. The lowest BCUT2D eigenvalue weighted by Gasteiger charge is -2.22. The van der Waals surface area contributed by atoms with Crippen molar-refractivity contribution in [1.29, 1.82) is 0 Å². The lowest BCUT2D eigenvalue weighted by Crippen LogP contribution is -2.45. The first-order valence-corrected chi connectivity index (χ1v) is 34.4. The van der Waals surface area contributed by atoms with E-state index in [0.717, 1.165) is 38.5 Å². The van der Waals surface area contributed by atoms with Crippen LogP contribution in [-0.4, -0.2) is 47.4 Å². The standard InChI is InChI=1S/C69H135NO5/c1-3-5-7-9-11-13-15-17-19-21-26-31-35-39-43-47-51-55-59-63-69(74)75-64-60-56-52-48-44-40-36-32-28-25-23-22-24-27-30-34-38-42-46-50-54-58-62-68(73)70-66(65-71)67(72)61-57-53-49-45-41-37-33-29-20-18-16-14-12-10-8-6-4-2/h24,27,66-67,71-72H,3-23,25-26,28-65H2,1-2H3,(H,70,73)/b27-24-. The zero-order chi connectivity index (χ0) is 54.3. The molecule has 6 nitrogen and oxygen atoms in total. The molecule has 3 N–H and O–H groups in total. The Balaban J connectivity index is 3.38. The molecule has 0 heterocycles. The van der Waals surface area contributed by atoms with Gasteiger partial charge < -0.3 is 20.3 Å². The second-order valence-corrected chi connectivity index (χ2v) is 23.9. The number of amides is 1. The van der Waals surface area contributed by atoms with Gasteiger partial charge in [-0.1, -0.05) is 341 Å². The van der Waals surface area contributed by atoms with E-state index in [4.69, 9.17) is 4.74 Å². The van der Waals surface area contributed by atoms with Gasteiger partial charge in [-0.05, 0) is 51.4 Å². The van der Waals surface area contributed by atoms with E-state index < -0.39 is 12.1 Å². The van der Waals surface area contributed by atoms with Crippen molar-refractivity contribution in [1.82, 2.24) is 5.32 Å². The minimum Gasteiger partial charge on any atom is -0.466 e. The van der Waals surface area contributed by atoms with Crippen LogP contribution in [0.2, 0.25) is 0 Å². The summed E-state index contributed by atoms with van der Waals surface area (Å²) < 4.78 is 5.51. The van der Waals surface area contributed by atoms with Gasteiger partial charge in [0.05, 0.1) is 25.4 Å². The molecule has 2 unspecified atom stereocenters. The van der Waals surface area contributed by atoms with Crippen molar-refractivity contribution in [3.63, 3.8) is 0 Å². The number of hydrogen-bond acceptors (Lipinski definition) is 5. The molecule has 0 fully saturated rings. The first-order valence-electron chi connectivity index (χ1n) is 34.4. The second kappa shape index (κ2) is 65.1. The van der Waals surface area contributed by atoms with Crippen molar-refractivity contribution < 1.29 is 24.5 Å². The van der Waals surface area contributed by atoms with Crippen LogP contribution in [0.5, 0.6) is 0 Å². The van der Waals surface area contributed by atoms with Crippen LogP contribution in [0.25, 0.3) is 0 Å². The van der Waals surface area contributed by atoms with Crippen LogP contribution in [0, 0.1) is 0 Å². The average Bonchev–Trinajstić information content (AvgIpc) is 3.41. The fourth-order valence-electron chi connectivity index (χ4n) is 11.1. The highest BCUT2D eigenvalue weighted by atomic mass is 16.5. The van der Waals surface area contributed by atoms with Crippen LogP contribution in [-0.2, 0) is 14.3 Å². The number of ether oxygens (including phenoxy) is 1. The van der Waals surface area contributed by atoms with Gasteiger partial charge in [0, 0.05) is 12.8 Å². The Labute approximate surface area is 469 Å². The van der Waals surface area contributed by atoms with Crippen LogP contribution >= 0.6 is 0 Å². The number of hydrogen-bond donors (Lipinski definition) is 3. The molecule has 0 aliphatic heterocycles. The van der Waals surface area contributed by atoms with Gasteiger partial charge in [0.25, 0.3) is 0 Å². The van der Waals surface area contributed by atoms with Crippen molar-refractivity contribution in [2.45, 2.75) is 405 Å². The van der Waals surface area contributed by atoms with Crippen LogP contribution in [0.3, 0.4) is 0 Å². The van der Waals surface area contributed by atoms with Crippen LogP contribution in [0.4, 0.5) is 0 Å². The maximum atomic E-state index is 12.5. The molecule has 0 spiro atoms. The van der Waals surface area contributed by atoms with Crippen molar-refractivity contribution >= 4 is 11.9 Å². The average molecular weight is 1060 g/mol. The van der Waals surface area contributed by atoms with Crippen molar-refractivity contribution in [2.75, 3.05) is 13.2 Å². The maximum absolute atomic E-state index is 12.5. The molecular formula is C69H135NO5. The monoisotopic (exact) mass is 1060 g/mol. The molecule has 0 aliphatic carbocycles. The molecule has 0 bridgehead atoms. The summed E-state index contributed by atoms with van der Waals surface area (Å²) in [6.45, 7) is 4.99. The Bertz CT molecular complexity index is 1130. The molecule has 446 valence electrons. The molecule has 0 aromatic rings. The Morgan fingerprint density at radius 3 is 0.947 bits per heavy atom. The highest BCUT2D eigenvalue weighted by molar-refractivity contribution is 5.76. The Morgan fingerprint density at radius 2 is 0.627 bits per heavy atom. The predicted octanol–water partition coefficient (Wildman–Crippen LogP) is 22.0. The fourth-order valence-corrected chi connectivity index (χ4v) is 11.1. The van der Waals surface area contributed by atoms with Gasteiger partial charge in [0.1, 0.15) is 0 Å². The lowest BCUT2D eigenvalue weighted by atomic mass is 10.0. The van der Waals surface area contributed by atoms with E-state index in [0.29, 0.717) is 25.9 Å². The molecule has 0 saturated heterocycles. The summed E-state index contributed by atoms with van der Waals surface area (Å²) in [7, 11) is 0. The summed E-state index contributed by atoms with van der Waals surface area (Å²) in [5.41, 5.74) is 0. The third-order valence-electron chi connectivity index (χ3n) is 16.3. The minimum absolute atomic E-state index is 0.0159. The third-order valence-corrected chi connectivity index (χ3v) is 16.3. The van der Waals surface area contributed by atoms with E-state index in [9.17, 15) is 19.8 Å². The van der Waals surface area contributed by atoms with E-state index >= 15 is 0 Å². The van der Waals surface area contributed by atoms with Gasteiger partial charge in [-0.3, -0.25) is 9.59 Å². The van der Waals surface area contributed by atoms with E-state index in [2.05, 4.69) is 31.3 Å². The molecule has 0 rings (SSSR count). The SMILES string of the molecule is CCCCCCCCCCCCCCCCCCCCCC(=O)OCCCCCCCCCCCCC/C=C\CCCCCCCCCC(=O)NC(CO)C(O)CCCCCCCCCCCCCCCCCCC. The molecule has 0 aromatic carbocycles.